The minimum absolute atomic E-state index is 0.0697. The molecule has 5 heteroatoms. The number of rotatable bonds is 4. The van der Waals surface area contributed by atoms with Crippen molar-refractivity contribution >= 4 is 15.9 Å². The molecule has 0 aliphatic heterocycles. The van der Waals surface area contributed by atoms with Crippen LogP contribution >= 0.6 is 15.9 Å². The van der Waals surface area contributed by atoms with Gasteiger partial charge in [-0.3, -0.25) is 9.36 Å². The summed E-state index contributed by atoms with van der Waals surface area (Å²) in [5.74, 6) is 0.695. The van der Waals surface area contributed by atoms with Gasteiger partial charge in [0, 0.05) is 19.3 Å². The molecule has 0 bridgehead atoms. The summed E-state index contributed by atoms with van der Waals surface area (Å²) < 4.78 is 2.08. The molecule has 15 heavy (non-hydrogen) atoms. The predicted octanol–water partition coefficient (Wildman–Crippen LogP) is 1.09. The Balaban J connectivity index is 2.99. The summed E-state index contributed by atoms with van der Waals surface area (Å²) >= 11 is 3.17. The van der Waals surface area contributed by atoms with Crippen LogP contribution in [0.25, 0.3) is 0 Å². The van der Waals surface area contributed by atoms with Crippen LogP contribution in [0.5, 0.6) is 0 Å². The van der Waals surface area contributed by atoms with E-state index >= 15 is 0 Å². The molecule has 0 saturated heterocycles. The highest BCUT2D eigenvalue weighted by Crippen LogP contribution is 2.03. The van der Waals surface area contributed by atoms with Gasteiger partial charge in [0.15, 0.2) is 0 Å². The molecule has 0 unspecified atom stereocenters. The van der Waals surface area contributed by atoms with Gasteiger partial charge in [-0.25, -0.2) is 4.98 Å². The minimum atomic E-state index is -0.0697. The molecule has 0 atom stereocenters. The maximum atomic E-state index is 11.7. The van der Waals surface area contributed by atoms with E-state index in [2.05, 4.69) is 32.8 Å². The zero-order chi connectivity index (χ0) is 11.4. The molecule has 1 heterocycles. The van der Waals surface area contributed by atoms with Crippen LogP contribution in [0.15, 0.2) is 27.6 Å². The van der Waals surface area contributed by atoms with Gasteiger partial charge in [0.25, 0.3) is 5.56 Å². The Labute approximate surface area is 97.2 Å². The van der Waals surface area contributed by atoms with Crippen LogP contribution in [0, 0.1) is 6.92 Å². The number of hydrogen-bond donors (Lipinski definition) is 1. The third-order valence-electron chi connectivity index (χ3n) is 2.01. The van der Waals surface area contributed by atoms with E-state index in [9.17, 15) is 4.79 Å². The van der Waals surface area contributed by atoms with Crippen LogP contribution in [0.3, 0.4) is 0 Å². The summed E-state index contributed by atoms with van der Waals surface area (Å²) in [6, 6.07) is 0. The van der Waals surface area contributed by atoms with Crippen LogP contribution < -0.4 is 10.9 Å². The summed E-state index contributed by atoms with van der Waals surface area (Å²) in [4.78, 5) is 15.9. The molecule has 1 aromatic heterocycles. The molecule has 1 N–H and O–H groups in total. The quantitative estimate of drug-likeness (QED) is 0.835. The fourth-order valence-corrected chi connectivity index (χ4v) is 1.58. The van der Waals surface area contributed by atoms with E-state index in [4.69, 9.17) is 0 Å². The summed E-state index contributed by atoms with van der Waals surface area (Å²) in [5.41, 5.74) is 0.877. The highest BCUT2D eigenvalue weighted by atomic mass is 79.9. The topological polar surface area (TPSA) is 46.9 Å². The third-order valence-corrected chi connectivity index (χ3v) is 2.56. The van der Waals surface area contributed by atoms with E-state index < -0.39 is 0 Å². The Hall–Kier alpha value is -0.940. The molecular weight excluding hydrogens is 258 g/mol. The number of halogens is 1. The zero-order valence-corrected chi connectivity index (χ0v) is 10.5. The van der Waals surface area contributed by atoms with Crippen LogP contribution in [0.2, 0.25) is 0 Å². The van der Waals surface area contributed by atoms with Gasteiger partial charge >= 0.3 is 0 Å². The van der Waals surface area contributed by atoms with Crippen molar-refractivity contribution in [1.82, 2.24) is 14.9 Å². The Morgan fingerprint density at radius 2 is 2.40 bits per heavy atom. The zero-order valence-electron chi connectivity index (χ0n) is 8.88. The van der Waals surface area contributed by atoms with Gasteiger partial charge in [-0.1, -0.05) is 6.58 Å². The van der Waals surface area contributed by atoms with Gasteiger partial charge < -0.3 is 5.32 Å². The lowest BCUT2D eigenvalue weighted by Gasteiger charge is -2.10. The van der Waals surface area contributed by atoms with Gasteiger partial charge in [0.2, 0.25) is 0 Å². The van der Waals surface area contributed by atoms with Crippen molar-refractivity contribution < 1.29 is 0 Å². The summed E-state index contributed by atoms with van der Waals surface area (Å²) in [5, 5.41) is 2.99. The number of aryl methyl sites for hydroxylation is 1. The van der Waals surface area contributed by atoms with Crippen molar-refractivity contribution in [2.45, 2.75) is 13.5 Å². The Morgan fingerprint density at radius 1 is 1.73 bits per heavy atom. The van der Waals surface area contributed by atoms with Gasteiger partial charge in [-0.2, -0.15) is 0 Å². The van der Waals surface area contributed by atoms with Gasteiger partial charge in [0.05, 0.1) is 0 Å². The molecule has 0 fully saturated rings. The first-order chi connectivity index (χ1) is 7.06. The van der Waals surface area contributed by atoms with Crippen molar-refractivity contribution in [2.75, 3.05) is 13.6 Å². The number of aromatic nitrogens is 2. The third kappa shape index (κ3) is 3.00. The fourth-order valence-electron chi connectivity index (χ4n) is 1.27. The number of nitrogens with zero attached hydrogens (tertiary/aromatic N) is 2. The monoisotopic (exact) mass is 271 g/mol. The number of likely N-dealkylation sites (N-methyl/N-ethyl adjacent to an activating group) is 1. The van der Waals surface area contributed by atoms with Gasteiger partial charge in [0.1, 0.15) is 10.3 Å². The minimum Gasteiger partial charge on any atom is -0.316 e. The summed E-state index contributed by atoms with van der Waals surface area (Å²) in [7, 11) is 1.85. The molecule has 0 radical (unpaired) electrons. The molecule has 82 valence electrons. The molecule has 1 rings (SSSR count). The van der Waals surface area contributed by atoms with E-state index in [1.807, 2.05) is 7.05 Å². The summed E-state index contributed by atoms with van der Waals surface area (Å²) in [6.45, 7) is 6.88. The second-order valence-electron chi connectivity index (χ2n) is 3.32. The molecule has 0 spiro atoms. The highest BCUT2D eigenvalue weighted by molar-refractivity contribution is 9.10. The van der Waals surface area contributed by atoms with Crippen molar-refractivity contribution in [3.05, 3.63) is 39.0 Å². The lowest BCUT2D eigenvalue weighted by atomic mass is 10.3. The second-order valence-corrected chi connectivity index (χ2v) is 4.18. The molecule has 0 aliphatic rings. The van der Waals surface area contributed by atoms with Crippen LogP contribution in [-0.4, -0.2) is 23.1 Å². The smallest absolute Gasteiger partial charge is 0.268 e. The van der Waals surface area contributed by atoms with E-state index in [0.717, 1.165) is 5.57 Å². The first-order valence-corrected chi connectivity index (χ1v) is 5.38. The first kappa shape index (κ1) is 12.1. The lowest BCUT2D eigenvalue weighted by molar-refractivity contribution is 0.665. The van der Waals surface area contributed by atoms with E-state index in [-0.39, 0.29) is 5.56 Å². The first-order valence-electron chi connectivity index (χ1n) is 4.59. The molecule has 0 aliphatic carbocycles. The average Bonchev–Trinajstić information content (AvgIpc) is 2.19. The van der Waals surface area contributed by atoms with E-state index in [1.54, 1.807) is 11.5 Å². The molecule has 0 aromatic carbocycles. The fraction of sp³-hybridized carbons (Fsp3) is 0.400. The maximum Gasteiger partial charge on any atom is 0.268 e. The highest BCUT2D eigenvalue weighted by Gasteiger charge is 2.05. The van der Waals surface area contributed by atoms with Crippen LogP contribution in [0.1, 0.15) is 5.82 Å². The van der Waals surface area contributed by atoms with E-state index in [0.29, 0.717) is 23.4 Å². The van der Waals surface area contributed by atoms with E-state index in [1.165, 1.54) is 6.20 Å². The molecule has 1 aromatic rings. The molecular formula is C10H14BrN3O. The second kappa shape index (κ2) is 5.23. The van der Waals surface area contributed by atoms with Gasteiger partial charge in [-0.05, 0) is 35.5 Å². The normalized spacial score (nSPS) is 10.3. The Morgan fingerprint density at radius 3 is 3.00 bits per heavy atom. The van der Waals surface area contributed by atoms with Crippen molar-refractivity contribution in [3.63, 3.8) is 0 Å². The van der Waals surface area contributed by atoms with Gasteiger partial charge in [-0.15, -0.1) is 0 Å². The molecule has 0 amide bonds. The number of hydrogen-bond acceptors (Lipinski definition) is 3. The largest absolute Gasteiger partial charge is 0.316 e. The number of nitrogens with one attached hydrogen (secondary N) is 1. The standard InChI is InChI=1S/C10H14BrN3O/c1-7(4-12-3)6-14-8(2)13-5-9(11)10(14)15/h5,12H,1,4,6H2,2-3H3. The van der Waals surface area contributed by atoms with Crippen LogP contribution in [0.4, 0.5) is 0 Å². The Bertz CT molecular complexity index is 425. The summed E-state index contributed by atoms with van der Waals surface area (Å²) in [6.07, 6.45) is 1.52. The lowest BCUT2D eigenvalue weighted by Crippen LogP contribution is -2.26. The van der Waals surface area contributed by atoms with Crippen molar-refractivity contribution in [3.8, 4) is 0 Å². The van der Waals surface area contributed by atoms with Crippen LogP contribution in [-0.2, 0) is 6.54 Å². The Kier molecular flexibility index (Phi) is 4.23. The molecule has 0 saturated carbocycles. The molecule has 4 nitrogen and oxygen atoms in total. The maximum absolute atomic E-state index is 11.7. The predicted molar refractivity (Wildman–Crippen MR) is 64.0 cm³/mol. The van der Waals surface area contributed by atoms with Crippen molar-refractivity contribution in [2.24, 2.45) is 0 Å². The average molecular weight is 272 g/mol. The SMILES string of the molecule is C=C(CNC)Cn1c(C)ncc(Br)c1=O. The van der Waals surface area contributed by atoms with Crippen molar-refractivity contribution in [1.29, 1.82) is 0 Å².